The molecule has 0 saturated heterocycles. The van der Waals surface area contributed by atoms with Crippen LogP contribution in [0, 0.1) is 0 Å². The van der Waals surface area contributed by atoms with E-state index in [-0.39, 0.29) is 0 Å². The van der Waals surface area contributed by atoms with E-state index in [1.54, 1.807) is 20.3 Å². The molecule has 0 aromatic carbocycles. The summed E-state index contributed by atoms with van der Waals surface area (Å²) >= 11 is 0. The monoisotopic (exact) mass is 216 g/mol. The quantitative estimate of drug-likeness (QED) is 0.402. The van der Waals surface area contributed by atoms with E-state index in [1.165, 1.54) is 0 Å². The molecule has 0 aliphatic heterocycles. The molecule has 3 nitrogen and oxygen atoms in total. The Hall–Kier alpha value is -0.903. The van der Waals surface area contributed by atoms with Crippen molar-refractivity contribution in [2.45, 2.75) is 26.6 Å². The molecule has 0 rings (SSSR count). The average Bonchev–Trinajstić information content (AvgIpc) is 2.10. The second-order valence-electron chi connectivity index (χ2n) is 3.78. The van der Waals surface area contributed by atoms with Crippen LogP contribution in [-0.4, -0.2) is 22.5 Å². The van der Waals surface area contributed by atoms with Gasteiger partial charge in [-0.05, 0) is 32.6 Å². The number of rotatable bonds is 5. The Bertz CT molecular complexity index is 226. The topological polar surface area (TPSA) is 27.7 Å². The van der Waals surface area contributed by atoms with Crippen LogP contribution in [0.25, 0.3) is 0 Å². The number of ether oxygens (including phenoxy) is 2. The molecule has 0 unspecified atom stereocenters. The SMILES string of the molecule is CC=C(C=C(OC)O[Si](C)(C)C)OC. The molecule has 4 heteroatoms. The van der Waals surface area contributed by atoms with E-state index in [0.717, 1.165) is 5.76 Å². The highest BCUT2D eigenvalue weighted by Crippen LogP contribution is 2.13. The molecule has 0 saturated carbocycles. The first kappa shape index (κ1) is 13.1. The van der Waals surface area contributed by atoms with Gasteiger partial charge in [-0.25, -0.2) is 0 Å². The first-order valence-corrected chi connectivity index (χ1v) is 7.98. The van der Waals surface area contributed by atoms with Crippen LogP contribution in [0.3, 0.4) is 0 Å². The molecule has 0 bridgehead atoms. The number of methoxy groups -OCH3 is 2. The molecule has 82 valence electrons. The molecular formula is C10H20O3Si. The van der Waals surface area contributed by atoms with Gasteiger partial charge < -0.3 is 13.9 Å². The summed E-state index contributed by atoms with van der Waals surface area (Å²) in [5.74, 6) is 1.25. The van der Waals surface area contributed by atoms with Crippen molar-refractivity contribution in [3.05, 3.63) is 23.9 Å². The van der Waals surface area contributed by atoms with E-state index in [9.17, 15) is 0 Å². The van der Waals surface area contributed by atoms with Gasteiger partial charge in [-0.1, -0.05) is 0 Å². The molecular weight excluding hydrogens is 196 g/mol. The lowest BCUT2D eigenvalue weighted by Crippen LogP contribution is -2.25. The zero-order valence-electron chi connectivity index (χ0n) is 9.88. The van der Waals surface area contributed by atoms with Crippen LogP contribution in [0.5, 0.6) is 0 Å². The molecule has 0 aliphatic rings. The minimum absolute atomic E-state index is 0.513. The second kappa shape index (κ2) is 5.75. The maximum Gasteiger partial charge on any atom is 0.268 e. The number of allylic oxidation sites excluding steroid dienone is 2. The minimum atomic E-state index is -1.61. The Morgan fingerprint density at radius 2 is 1.64 bits per heavy atom. The van der Waals surface area contributed by atoms with Crippen molar-refractivity contribution in [2.75, 3.05) is 14.2 Å². The third-order valence-corrected chi connectivity index (χ3v) is 2.20. The summed E-state index contributed by atoms with van der Waals surface area (Å²) in [4.78, 5) is 0. The molecule has 0 aromatic rings. The van der Waals surface area contributed by atoms with Crippen molar-refractivity contribution in [1.29, 1.82) is 0 Å². The van der Waals surface area contributed by atoms with Crippen molar-refractivity contribution >= 4 is 8.32 Å². The first-order chi connectivity index (χ1) is 6.42. The lowest BCUT2D eigenvalue weighted by atomic mass is 10.4. The fourth-order valence-corrected chi connectivity index (χ4v) is 1.55. The molecule has 0 fully saturated rings. The van der Waals surface area contributed by atoms with Gasteiger partial charge in [0, 0.05) is 0 Å². The molecule has 0 spiro atoms. The van der Waals surface area contributed by atoms with Gasteiger partial charge in [-0.2, -0.15) is 0 Å². The molecule has 0 N–H and O–H groups in total. The van der Waals surface area contributed by atoms with Crippen LogP contribution in [0.2, 0.25) is 19.6 Å². The van der Waals surface area contributed by atoms with Crippen LogP contribution in [0.15, 0.2) is 23.9 Å². The van der Waals surface area contributed by atoms with Gasteiger partial charge in [0.1, 0.15) is 5.76 Å². The normalized spacial score (nSPS) is 13.9. The molecule has 0 amide bonds. The summed E-state index contributed by atoms with van der Waals surface area (Å²) in [6.45, 7) is 8.20. The number of hydrogen-bond acceptors (Lipinski definition) is 3. The lowest BCUT2D eigenvalue weighted by Gasteiger charge is -2.20. The zero-order valence-corrected chi connectivity index (χ0v) is 10.9. The Balaban J connectivity index is 4.55. The van der Waals surface area contributed by atoms with Crippen LogP contribution >= 0.6 is 0 Å². The molecule has 0 heterocycles. The highest BCUT2D eigenvalue weighted by atomic mass is 28.4. The third-order valence-electron chi connectivity index (χ3n) is 1.39. The average molecular weight is 216 g/mol. The van der Waals surface area contributed by atoms with Gasteiger partial charge in [0.15, 0.2) is 0 Å². The van der Waals surface area contributed by atoms with E-state index >= 15 is 0 Å². The van der Waals surface area contributed by atoms with Crippen molar-refractivity contribution in [3.63, 3.8) is 0 Å². The number of hydrogen-bond donors (Lipinski definition) is 0. The Morgan fingerprint density at radius 3 is 1.93 bits per heavy atom. The lowest BCUT2D eigenvalue weighted by molar-refractivity contribution is 0.144. The second-order valence-corrected chi connectivity index (χ2v) is 8.21. The maximum absolute atomic E-state index is 5.68. The van der Waals surface area contributed by atoms with E-state index in [2.05, 4.69) is 19.6 Å². The fraction of sp³-hybridized carbons (Fsp3) is 0.600. The molecule has 14 heavy (non-hydrogen) atoms. The van der Waals surface area contributed by atoms with Gasteiger partial charge in [0.2, 0.25) is 8.32 Å². The first-order valence-electron chi connectivity index (χ1n) is 4.58. The fourth-order valence-electron chi connectivity index (χ4n) is 0.808. The van der Waals surface area contributed by atoms with Gasteiger partial charge in [-0.15, -0.1) is 0 Å². The van der Waals surface area contributed by atoms with Crippen molar-refractivity contribution in [1.82, 2.24) is 0 Å². The van der Waals surface area contributed by atoms with E-state index < -0.39 is 8.32 Å². The minimum Gasteiger partial charge on any atom is -0.520 e. The molecule has 0 aromatic heterocycles. The summed E-state index contributed by atoms with van der Waals surface area (Å²) in [5, 5.41) is 0. The van der Waals surface area contributed by atoms with Gasteiger partial charge in [0.05, 0.1) is 20.3 Å². The van der Waals surface area contributed by atoms with Crippen molar-refractivity contribution in [3.8, 4) is 0 Å². The molecule has 0 atom stereocenters. The smallest absolute Gasteiger partial charge is 0.268 e. The van der Waals surface area contributed by atoms with Crippen LogP contribution < -0.4 is 0 Å². The predicted molar refractivity (Wildman–Crippen MR) is 60.3 cm³/mol. The van der Waals surface area contributed by atoms with E-state index in [0.29, 0.717) is 5.95 Å². The maximum atomic E-state index is 5.68. The third kappa shape index (κ3) is 5.69. The summed E-state index contributed by atoms with van der Waals surface area (Å²) in [5.41, 5.74) is 0. The van der Waals surface area contributed by atoms with Crippen LogP contribution in [-0.2, 0) is 13.9 Å². The standard InChI is InChI=1S/C10H20O3Si/c1-7-9(11-2)8-10(12-3)13-14(4,5)6/h7-8H,1-6H3. The highest BCUT2D eigenvalue weighted by molar-refractivity contribution is 6.69. The van der Waals surface area contributed by atoms with E-state index in [1.807, 2.05) is 13.0 Å². The summed E-state index contributed by atoms with van der Waals surface area (Å²) in [7, 11) is 1.60. The van der Waals surface area contributed by atoms with Crippen LogP contribution in [0.1, 0.15) is 6.92 Å². The van der Waals surface area contributed by atoms with Crippen molar-refractivity contribution < 1.29 is 13.9 Å². The largest absolute Gasteiger partial charge is 0.520 e. The summed E-state index contributed by atoms with van der Waals surface area (Å²) in [6.07, 6.45) is 3.60. The Kier molecular flexibility index (Phi) is 5.38. The zero-order chi connectivity index (χ0) is 11.2. The Labute approximate surface area is 87.5 Å². The summed E-state index contributed by atoms with van der Waals surface area (Å²) < 4.78 is 15.9. The van der Waals surface area contributed by atoms with E-state index in [4.69, 9.17) is 13.9 Å². The Morgan fingerprint density at radius 1 is 1.07 bits per heavy atom. The van der Waals surface area contributed by atoms with Gasteiger partial charge in [0.25, 0.3) is 5.95 Å². The highest BCUT2D eigenvalue weighted by Gasteiger charge is 2.18. The molecule has 0 aliphatic carbocycles. The summed E-state index contributed by atoms with van der Waals surface area (Å²) in [6, 6.07) is 0. The van der Waals surface area contributed by atoms with Gasteiger partial charge >= 0.3 is 0 Å². The van der Waals surface area contributed by atoms with Crippen LogP contribution in [0.4, 0.5) is 0 Å². The predicted octanol–water partition coefficient (Wildman–Crippen LogP) is 2.88. The van der Waals surface area contributed by atoms with Gasteiger partial charge in [-0.3, -0.25) is 0 Å². The van der Waals surface area contributed by atoms with Crippen molar-refractivity contribution in [2.24, 2.45) is 0 Å². The molecule has 0 radical (unpaired) electrons.